The van der Waals surface area contributed by atoms with Crippen molar-refractivity contribution in [3.63, 3.8) is 0 Å². The first kappa shape index (κ1) is 11.2. The normalized spacial score (nSPS) is 12.1. The molecule has 0 radical (unpaired) electrons. The number of nitrogens with two attached hydrogens (primary N) is 1. The highest BCUT2D eigenvalue weighted by atomic mass is 32.2. The Morgan fingerprint density at radius 1 is 0.778 bits per heavy atom. The van der Waals surface area contributed by atoms with E-state index in [4.69, 9.17) is 5.14 Å². The van der Waals surface area contributed by atoms with Crippen LogP contribution in [0.3, 0.4) is 0 Å². The van der Waals surface area contributed by atoms with E-state index in [9.17, 15) is 8.42 Å². The van der Waals surface area contributed by atoms with Gasteiger partial charge in [-0.25, -0.2) is 13.6 Å². The number of sulfonamides is 1. The zero-order valence-electron chi connectivity index (χ0n) is 9.50. The standard InChI is InChI=1S/C14H11NO2S/c15-18(16,17)14-9-10-5-1-2-6-11(10)12-7-3-4-8-13(12)14/h1-9H,(H2,15,16,17). The Balaban J connectivity index is 2.63. The lowest BCUT2D eigenvalue weighted by Gasteiger charge is -2.08. The quantitative estimate of drug-likeness (QED) is 0.681. The fourth-order valence-corrected chi connectivity index (χ4v) is 3.03. The van der Waals surface area contributed by atoms with Crippen molar-refractivity contribution in [3.05, 3.63) is 54.6 Å². The van der Waals surface area contributed by atoms with Gasteiger partial charge in [-0.3, -0.25) is 0 Å². The van der Waals surface area contributed by atoms with Gasteiger partial charge < -0.3 is 0 Å². The minimum absolute atomic E-state index is 0.178. The highest BCUT2D eigenvalue weighted by molar-refractivity contribution is 7.89. The number of fused-ring (bicyclic) bond motifs is 3. The Hall–Kier alpha value is -1.91. The van der Waals surface area contributed by atoms with Crippen LogP contribution in [0, 0.1) is 0 Å². The first-order valence-corrected chi connectivity index (χ1v) is 7.05. The minimum Gasteiger partial charge on any atom is -0.225 e. The smallest absolute Gasteiger partial charge is 0.225 e. The van der Waals surface area contributed by atoms with E-state index in [2.05, 4.69) is 0 Å². The topological polar surface area (TPSA) is 60.2 Å². The molecule has 0 unspecified atom stereocenters. The molecule has 90 valence electrons. The third-order valence-electron chi connectivity index (χ3n) is 3.04. The van der Waals surface area contributed by atoms with E-state index in [-0.39, 0.29) is 4.90 Å². The molecule has 0 aliphatic heterocycles. The van der Waals surface area contributed by atoms with Crippen molar-refractivity contribution in [2.75, 3.05) is 0 Å². The monoisotopic (exact) mass is 257 g/mol. The van der Waals surface area contributed by atoms with Gasteiger partial charge in [-0.1, -0.05) is 48.5 Å². The van der Waals surface area contributed by atoms with E-state index in [0.717, 1.165) is 16.2 Å². The van der Waals surface area contributed by atoms with Gasteiger partial charge in [0, 0.05) is 5.39 Å². The summed E-state index contributed by atoms with van der Waals surface area (Å²) >= 11 is 0. The summed E-state index contributed by atoms with van der Waals surface area (Å²) in [7, 11) is -3.72. The summed E-state index contributed by atoms with van der Waals surface area (Å²) in [6.07, 6.45) is 0. The van der Waals surface area contributed by atoms with Gasteiger partial charge in [0.15, 0.2) is 0 Å². The highest BCUT2D eigenvalue weighted by Gasteiger charge is 2.14. The van der Waals surface area contributed by atoms with Crippen molar-refractivity contribution in [1.82, 2.24) is 0 Å². The van der Waals surface area contributed by atoms with Gasteiger partial charge >= 0.3 is 0 Å². The predicted octanol–water partition coefficient (Wildman–Crippen LogP) is 2.64. The lowest BCUT2D eigenvalue weighted by molar-refractivity contribution is 0.599. The van der Waals surface area contributed by atoms with Crippen molar-refractivity contribution >= 4 is 31.6 Å². The number of hydrogen-bond acceptors (Lipinski definition) is 2. The second kappa shape index (κ2) is 3.80. The Morgan fingerprint density at radius 3 is 2.00 bits per heavy atom. The van der Waals surface area contributed by atoms with E-state index in [0.29, 0.717) is 5.39 Å². The molecule has 0 aliphatic carbocycles. The fourth-order valence-electron chi connectivity index (χ4n) is 2.26. The molecule has 0 atom stereocenters. The zero-order valence-corrected chi connectivity index (χ0v) is 10.3. The van der Waals surface area contributed by atoms with E-state index < -0.39 is 10.0 Å². The van der Waals surface area contributed by atoms with Crippen LogP contribution >= 0.6 is 0 Å². The summed E-state index contributed by atoms with van der Waals surface area (Å²) in [4.78, 5) is 0.178. The number of benzene rings is 3. The van der Waals surface area contributed by atoms with Crippen LogP contribution in [0.5, 0.6) is 0 Å². The Bertz CT molecular complexity index is 854. The van der Waals surface area contributed by atoms with Crippen molar-refractivity contribution in [2.24, 2.45) is 5.14 Å². The molecule has 0 amide bonds. The zero-order chi connectivity index (χ0) is 12.8. The van der Waals surface area contributed by atoms with Crippen LogP contribution in [0.4, 0.5) is 0 Å². The Morgan fingerprint density at radius 2 is 1.33 bits per heavy atom. The summed E-state index contributed by atoms with van der Waals surface area (Å²) in [6.45, 7) is 0. The average Bonchev–Trinajstić information content (AvgIpc) is 2.37. The van der Waals surface area contributed by atoms with Gasteiger partial charge in [-0.05, 0) is 22.2 Å². The summed E-state index contributed by atoms with van der Waals surface area (Å²) in [6, 6.07) is 16.7. The molecule has 18 heavy (non-hydrogen) atoms. The molecule has 3 aromatic carbocycles. The van der Waals surface area contributed by atoms with E-state index >= 15 is 0 Å². The maximum absolute atomic E-state index is 11.7. The molecular weight excluding hydrogens is 246 g/mol. The molecule has 0 aromatic heterocycles. The van der Waals surface area contributed by atoms with E-state index in [1.54, 1.807) is 12.1 Å². The lowest BCUT2D eigenvalue weighted by Crippen LogP contribution is -2.12. The summed E-state index contributed by atoms with van der Waals surface area (Å²) in [5.74, 6) is 0. The highest BCUT2D eigenvalue weighted by Crippen LogP contribution is 2.30. The van der Waals surface area contributed by atoms with Gasteiger partial charge in [0.05, 0.1) is 4.90 Å². The van der Waals surface area contributed by atoms with Crippen LogP contribution in [0.25, 0.3) is 21.5 Å². The largest absolute Gasteiger partial charge is 0.238 e. The van der Waals surface area contributed by atoms with Gasteiger partial charge in [0.1, 0.15) is 0 Å². The second-order valence-electron chi connectivity index (χ2n) is 4.19. The van der Waals surface area contributed by atoms with Gasteiger partial charge in [0.2, 0.25) is 10.0 Å². The number of primary sulfonamides is 1. The SMILES string of the molecule is NS(=O)(=O)c1cc2ccccc2c2ccccc12. The number of hydrogen-bond donors (Lipinski definition) is 1. The van der Waals surface area contributed by atoms with Crippen molar-refractivity contribution in [3.8, 4) is 0 Å². The van der Waals surface area contributed by atoms with Crippen LogP contribution < -0.4 is 5.14 Å². The summed E-state index contributed by atoms with van der Waals surface area (Å²) in [5, 5.41) is 8.76. The molecule has 4 heteroatoms. The van der Waals surface area contributed by atoms with Crippen LogP contribution in [0.1, 0.15) is 0 Å². The molecule has 0 spiro atoms. The molecule has 0 fully saturated rings. The minimum atomic E-state index is -3.72. The molecule has 3 aromatic rings. The summed E-state index contributed by atoms with van der Waals surface area (Å²) in [5.41, 5.74) is 0. The maximum Gasteiger partial charge on any atom is 0.238 e. The first-order chi connectivity index (χ1) is 8.57. The van der Waals surface area contributed by atoms with E-state index in [1.807, 2.05) is 42.5 Å². The Kier molecular flexibility index (Phi) is 2.36. The van der Waals surface area contributed by atoms with Gasteiger partial charge in [-0.2, -0.15) is 0 Å². The van der Waals surface area contributed by atoms with Crippen LogP contribution in [-0.4, -0.2) is 8.42 Å². The molecule has 3 nitrogen and oxygen atoms in total. The molecule has 0 saturated carbocycles. The fraction of sp³-hybridized carbons (Fsp3) is 0. The third kappa shape index (κ3) is 1.66. The molecule has 3 rings (SSSR count). The molecule has 0 aliphatic rings. The lowest BCUT2D eigenvalue weighted by atomic mass is 10.0. The molecule has 0 bridgehead atoms. The predicted molar refractivity (Wildman–Crippen MR) is 72.8 cm³/mol. The molecule has 0 heterocycles. The van der Waals surface area contributed by atoms with Crippen LogP contribution in [-0.2, 0) is 10.0 Å². The van der Waals surface area contributed by atoms with Crippen LogP contribution in [0.2, 0.25) is 0 Å². The Labute approximate surface area is 105 Å². The summed E-state index contributed by atoms with van der Waals surface area (Å²) < 4.78 is 23.3. The maximum atomic E-state index is 11.7. The van der Waals surface area contributed by atoms with Gasteiger partial charge in [0.25, 0.3) is 0 Å². The van der Waals surface area contributed by atoms with Crippen molar-refractivity contribution in [1.29, 1.82) is 0 Å². The second-order valence-corrected chi connectivity index (χ2v) is 5.72. The molecule has 2 N–H and O–H groups in total. The first-order valence-electron chi connectivity index (χ1n) is 5.51. The van der Waals surface area contributed by atoms with Crippen molar-refractivity contribution in [2.45, 2.75) is 4.90 Å². The van der Waals surface area contributed by atoms with E-state index in [1.165, 1.54) is 0 Å². The third-order valence-corrected chi connectivity index (χ3v) is 3.99. The molecule has 0 saturated heterocycles. The van der Waals surface area contributed by atoms with Crippen LogP contribution in [0.15, 0.2) is 59.5 Å². The van der Waals surface area contributed by atoms with Crippen molar-refractivity contribution < 1.29 is 8.42 Å². The molecular formula is C14H11NO2S. The van der Waals surface area contributed by atoms with Gasteiger partial charge in [-0.15, -0.1) is 0 Å². The number of rotatable bonds is 1. The average molecular weight is 257 g/mol.